The van der Waals surface area contributed by atoms with E-state index >= 15 is 0 Å². The van der Waals surface area contributed by atoms with E-state index in [0.29, 0.717) is 47.7 Å². The van der Waals surface area contributed by atoms with Gasteiger partial charge in [0.25, 0.3) is 5.91 Å². The van der Waals surface area contributed by atoms with Crippen LogP contribution >= 0.6 is 11.6 Å². The quantitative estimate of drug-likeness (QED) is 0.798. The second-order valence-corrected chi connectivity index (χ2v) is 9.74. The normalized spacial score (nSPS) is 35.5. The van der Waals surface area contributed by atoms with E-state index < -0.39 is 12.0 Å². The summed E-state index contributed by atoms with van der Waals surface area (Å²) < 4.78 is 6.16. The fraction of sp³-hybridized carbons (Fsp3) is 0.636. The lowest BCUT2D eigenvalue weighted by atomic mass is 9.76. The molecule has 150 valence electrons. The topological polar surface area (TPSA) is 66.8 Å². The van der Waals surface area contributed by atoms with Crippen molar-refractivity contribution in [2.24, 2.45) is 23.2 Å². The number of benzene rings is 1. The van der Waals surface area contributed by atoms with Crippen LogP contribution in [0.3, 0.4) is 0 Å². The highest BCUT2D eigenvalue weighted by atomic mass is 35.5. The number of halogens is 1. The standard InChI is InChI=1S/C22H26ClNO4/c23-17-9-15(20(25)24-5-1-2-18(24)21(26)27)3-4-19(17)28-12-22-10-13-6-14(11-22)8-16(22)7-13/h3-4,9,13-14,16,18H,1-2,5-8,10-12H2,(H,26,27)/t13?,14?,16?,18-,22?/m0/s1. The molecule has 4 saturated carbocycles. The van der Waals surface area contributed by atoms with Crippen LogP contribution in [0.4, 0.5) is 0 Å². The van der Waals surface area contributed by atoms with Gasteiger partial charge in [-0.1, -0.05) is 11.6 Å². The summed E-state index contributed by atoms with van der Waals surface area (Å²) in [5.74, 6) is 1.98. The Balaban J connectivity index is 1.28. The number of nitrogens with zero attached hydrogens (tertiary/aromatic N) is 1. The van der Waals surface area contributed by atoms with Crippen molar-refractivity contribution in [3.8, 4) is 5.75 Å². The first-order valence-corrected chi connectivity index (χ1v) is 10.8. The highest BCUT2D eigenvalue weighted by Crippen LogP contribution is 2.65. The van der Waals surface area contributed by atoms with Gasteiger partial charge in [0.1, 0.15) is 11.8 Å². The predicted molar refractivity (Wildman–Crippen MR) is 105 cm³/mol. The van der Waals surface area contributed by atoms with Crippen molar-refractivity contribution in [2.75, 3.05) is 13.2 Å². The number of likely N-dealkylation sites (tertiary alicyclic amines) is 1. The van der Waals surface area contributed by atoms with E-state index in [1.165, 1.54) is 37.0 Å². The van der Waals surface area contributed by atoms with Crippen molar-refractivity contribution in [2.45, 2.75) is 51.0 Å². The average Bonchev–Trinajstić information content (AvgIpc) is 3.30. The van der Waals surface area contributed by atoms with E-state index in [1.54, 1.807) is 18.2 Å². The summed E-state index contributed by atoms with van der Waals surface area (Å²) in [5, 5.41) is 9.73. The maximum Gasteiger partial charge on any atom is 0.326 e. The molecule has 0 aromatic heterocycles. The Kier molecular flexibility index (Phi) is 4.34. The Morgan fingerprint density at radius 1 is 1.21 bits per heavy atom. The zero-order chi connectivity index (χ0) is 19.5. The van der Waals surface area contributed by atoms with Gasteiger partial charge >= 0.3 is 5.97 Å². The molecular weight excluding hydrogens is 378 g/mol. The molecule has 0 spiro atoms. The molecule has 4 bridgehead atoms. The van der Waals surface area contributed by atoms with Gasteiger partial charge in [0.05, 0.1) is 11.6 Å². The highest BCUT2D eigenvalue weighted by Gasteiger charge is 2.58. The number of ether oxygens (including phenoxy) is 1. The van der Waals surface area contributed by atoms with Crippen LogP contribution in [0, 0.1) is 23.2 Å². The fourth-order valence-electron chi connectivity index (χ4n) is 6.61. The van der Waals surface area contributed by atoms with Gasteiger partial charge in [0.15, 0.2) is 0 Å². The molecular formula is C22H26ClNO4. The number of hydrogen-bond donors (Lipinski definition) is 1. The minimum absolute atomic E-state index is 0.274. The molecule has 28 heavy (non-hydrogen) atoms. The van der Waals surface area contributed by atoms with Crippen molar-refractivity contribution in [3.05, 3.63) is 28.8 Å². The number of amides is 1. The Bertz CT molecular complexity index is 811. The molecule has 6 rings (SSSR count). The maximum absolute atomic E-state index is 12.7. The summed E-state index contributed by atoms with van der Waals surface area (Å²) in [6.07, 6.45) is 7.92. The maximum atomic E-state index is 12.7. The van der Waals surface area contributed by atoms with E-state index in [-0.39, 0.29) is 5.91 Å². The van der Waals surface area contributed by atoms with Crippen molar-refractivity contribution in [3.63, 3.8) is 0 Å². The van der Waals surface area contributed by atoms with Crippen molar-refractivity contribution < 1.29 is 19.4 Å². The molecule has 1 heterocycles. The number of carboxylic acid groups (broad SMARTS) is 1. The second kappa shape index (κ2) is 6.65. The lowest BCUT2D eigenvalue weighted by molar-refractivity contribution is -0.141. The Labute approximate surface area is 170 Å². The molecule has 0 radical (unpaired) electrons. The molecule has 1 amide bonds. The zero-order valence-electron chi connectivity index (χ0n) is 15.9. The fourth-order valence-corrected chi connectivity index (χ4v) is 6.84. The Hall–Kier alpha value is -1.75. The van der Waals surface area contributed by atoms with Gasteiger partial charge in [-0.3, -0.25) is 4.79 Å². The largest absolute Gasteiger partial charge is 0.491 e. The van der Waals surface area contributed by atoms with E-state index in [2.05, 4.69) is 0 Å². The molecule has 1 aromatic rings. The van der Waals surface area contributed by atoms with Crippen LogP contribution in [-0.4, -0.2) is 41.1 Å². The Morgan fingerprint density at radius 2 is 1.96 bits per heavy atom. The number of rotatable bonds is 5. The third-order valence-corrected chi connectivity index (χ3v) is 7.95. The first-order valence-electron chi connectivity index (χ1n) is 10.4. The smallest absolute Gasteiger partial charge is 0.326 e. The summed E-state index contributed by atoms with van der Waals surface area (Å²) >= 11 is 6.43. The summed E-state index contributed by atoms with van der Waals surface area (Å²) in [6.45, 7) is 1.18. The molecule has 5 fully saturated rings. The van der Waals surface area contributed by atoms with Crippen LogP contribution in [-0.2, 0) is 4.79 Å². The first-order chi connectivity index (χ1) is 13.4. The number of hydrogen-bond acceptors (Lipinski definition) is 3. The number of carboxylic acids is 1. The van der Waals surface area contributed by atoms with Gasteiger partial charge < -0.3 is 14.7 Å². The van der Waals surface area contributed by atoms with Gasteiger partial charge in [-0.15, -0.1) is 0 Å². The van der Waals surface area contributed by atoms with E-state index in [9.17, 15) is 14.7 Å². The summed E-state index contributed by atoms with van der Waals surface area (Å²) in [5.41, 5.74) is 0.750. The minimum Gasteiger partial charge on any atom is -0.491 e. The summed E-state index contributed by atoms with van der Waals surface area (Å²) in [7, 11) is 0. The van der Waals surface area contributed by atoms with E-state index in [4.69, 9.17) is 16.3 Å². The number of carbonyl (C=O) groups excluding carboxylic acids is 1. The van der Waals surface area contributed by atoms with Crippen LogP contribution in [0.25, 0.3) is 0 Å². The van der Waals surface area contributed by atoms with Crippen LogP contribution in [0.1, 0.15) is 55.3 Å². The third-order valence-electron chi connectivity index (χ3n) is 7.65. The first kappa shape index (κ1) is 18.3. The SMILES string of the molecule is O=C(O)[C@@H]1CCCN1C(=O)c1ccc(OCC23CC4CC(CC2C4)C3)c(Cl)c1. The monoisotopic (exact) mass is 403 g/mol. The van der Waals surface area contributed by atoms with Gasteiger partial charge in [-0.05, 0) is 80.9 Å². The number of aliphatic carboxylic acids is 1. The molecule has 6 heteroatoms. The van der Waals surface area contributed by atoms with Gasteiger partial charge in [0.2, 0.25) is 0 Å². The lowest BCUT2D eigenvalue weighted by Crippen LogP contribution is -2.40. The molecule has 1 N–H and O–H groups in total. The van der Waals surface area contributed by atoms with Gasteiger partial charge in [-0.2, -0.15) is 0 Å². The molecule has 1 aliphatic heterocycles. The minimum atomic E-state index is -0.947. The van der Waals surface area contributed by atoms with Gasteiger partial charge in [-0.25, -0.2) is 4.79 Å². The van der Waals surface area contributed by atoms with Crippen LogP contribution in [0.5, 0.6) is 5.75 Å². The molecule has 4 aliphatic carbocycles. The van der Waals surface area contributed by atoms with E-state index in [0.717, 1.165) is 17.8 Å². The van der Waals surface area contributed by atoms with Crippen LogP contribution in [0.15, 0.2) is 18.2 Å². The predicted octanol–water partition coefficient (Wildman–Crippen LogP) is 4.23. The molecule has 5 aliphatic rings. The second-order valence-electron chi connectivity index (χ2n) is 9.34. The van der Waals surface area contributed by atoms with Crippen molar-refractivity contribution in [1.29, 1.82) is 0 Å². The zero-order valence-corrected chi connectivity index (χ0v) is 16.7. The van der Waals surface area contributed by atoms with Crippen LogP contribution < -0.4 is 4.74 Å². The molecule has 1 aromatic carbocycles. The van der Waals surface area contributed by atoms with Crippen LogP contribution in [0.2, 0.25) is 5.02 Å². The number of carbonyl (C=O) groups is 2. The summed E-state index contributed by atoms with van der Waals surface area (Å²) in [4.78, 5) is 25.5. The Morgan fingerprint density at radius 3 is 2.64 bits per heavy atom. The van der Waals surface area contributed by atoms with Gasteiger partial charge in [0, 0.05) is 17.5 Å². The van der Waals surface area contributed by atoms with E-state index in [1.807, 2.05) is 0 Å². The summed E-state index contributed by atoms with van der Waals surface area (Å²) in [6, 6.07) is 4.34. The van der Waals surface area contributed by atoms with Crippen molar-refractivity contribution in [1.82, 2.24) is 4.90 Å². The average molecular weight is 404 g/mol. The molecule has 1 saturated heterocycles. The highest BCUT2D eigenvalue weighted by molar-refractivity contribution is 6.32. The lowest BCUT2D eigenvalue weighted by Gasteiger charge is -2.32. The third kappa shape index (κ3) is 2.90. The molecule has 5 nitrogen and oxygen atoms in total. The van der Waals surface area contributed by atoms with Crippen molar-refractivity contribution >= 4 is 23.5 Å². The molecule has 2 unspecified atom stereocenters. The molecule has 3 atom stereocenters.